The first-order chi connectivity index (χ1) is 20.2. The number of halogens is 1. The summed E-state index contributed by atoms with van der Waals surface area (Å²) in [5.74, 6) is 15.7. The van der Waals surface area contributed by atoms with E-state index in [0.29, 0.717) is 38.0 Å². The number of amidine groups is 1. The number of allylic oxidation sites excluding steroid dienone is 1. The molecule has 2 fully saturated rings. The normalized spacial score (nSPS) is 26.1. The van der Waals surface area contributed by atoms with Crippen LogP contribution in [-0.2, 0) is 9.59 Å². The Bertz CT molecular complexity index is 1400. The third-order valence-corrected chi connectivity index (χ3v) is 7.80. The van der Waals surface area contributed by atoms with E-state index in [1.165, 1.54) is 5.01 Å². The van der Waals surface area contributed by atoms with Gasteiger partial charge in [-0.2, -0.15) is 0 Å². The lowest BCUT2D eigenvalue weighted by Crippen LogP contribution is -2.60. The summed E-state index contributed by atoms with van der Waals surface area (Å²) in [5, 5.41) is 27.4. The fourth-order valence-corrected chi connectivity index (χ4v) is 5.50. The molecule has 2 amide bonds. The van der Waals surface area contributed by atoms with E-state index in [1.54, 1.807) is 6.21 Å². The minimum atomic E-state index is -1.13. The molecule has 0 aliphatic carbocycles. The van der Waals surface area contributed by atoms with Crippen LogP contribution in [0, 0.1) is 0 Å². The second-order valence-electron chi connectivity index (χ2n) is 10.2. The van der Waals surface area contributed by atoms with E-state index in [-0.39, 0.29) is 28.9 Å². The summed E-state index contributed by atoms with van der Waals surface area (Å²) in [6.45, 7) is 3.34. The minimum Gasteiger partial charge on any atom is -0.363 e. The molecule has 0 saturated carbocycles. The molecule has 18 heteroatoms. The third kappa shape index (κ3) is 5.94. The Morgan fingerprint density at radius 3 is 2.50 bits per heavy atom. The monoisotopic (exact) mass is 597 g/mol. The largest absolute Gasteiger partial charge is 0.363 e. The van der Waals surface area contributed by atoms with Crippen molar-refractivity contribution in [2.75, 3.05) is 19.6 Å². The van der Waals surface area contributed by atoms with Gasteiger partial charge in [-0.05, 0) is 25.3 Å². The lowest BCUT2D eigenvalue weighted by molar-refractivity contribution is -0.128. The quantitative estimate of drug-likeness (QED) is 0.100. The van der Waals surface area contributed by atoms with Gasteiger partial charge in [-0.15, -0.1) is 10.2 Å². The Kier molecular flexibility index (Phi) is 8.44. The molecule has 42 heavy (non-hydrogen) atoms. The first kappa shape index (κ1) is 29.1. The van der Waals surface area contributed by atoms with Crippen molar-refractivity contribution in [1.82, 2.24) is 31.2 Å². The van der Waals surface area contributed by atoms with Crippen LogP contribution in [-0.4, -0.2) is 71.3 Å². The molecule has 5 rings (SSSR count). The van der Waals surface area contributed by atoms with Gasteiger partial charge in [-0.1, -0.05) is 52.4 Å². The molecule has 0 aromatic heterocycles. The maximum Gasteiger partial charge on any atom is 0.257 e. The standard InChI is InChI=1S/C24H32ClN15O2/c1-13-15(11-29-18(30-13)14-5-3-2-4-6-14)22(42)39-9-7-24(8-10-39)12-40(28)23(34-24)33-21(41)16-19(35-37-26)32-20(36-38-27)17(25)31-16/h2-6,11,16,18,23,30-31,34H,7-10,12,28H2,1H3,(H2,27,36)(H,33,41)(H2,26,32,35). The van der Waals surface area contributed by atoms with Crippen molar-refractivity contribution in [3.63, 3.8) is 0 Å². The summed E-state index contributed by atoms with van der Waals surface area (Å²) in [6, 6.07) is 8.72. The third-order valence-electron chi connectivity index (χ3n) is 7.52. The van der Waals surface area contributed by atoms with Crippen LogP contribution >= 0.6 is 11.6 Å². The van der Waals surface area contributed by atoms with Crippen LogP contribution in [0.2, 0.25) is 0 Å². The zero-order valence-electron chi connectivity index (χ0n) is 22.7. The van der Waals surface area contributed by atoms with Gasteiger partial charge >= 0.3 is 0 Å². The number of hydrogen-bond acceptors (Lipinski definition) is 13. The van der Waals surface area contributed by atoms with Crippen LogP contribution in [0.4, 0.5) is 0 Å². The Morgan fingerprint density at radius 1 is 1.12 bits per heavy atom. The molecule has 1 aromatic carbocycles. The van der Waals surface area contributed by atoms with Crippen molar-refractivity contribution in [2.24, 2.45) is 48.2 Å². The van der Waals surface area contributed by atoms with Gasteiger partial charge in [0, 0.05) is 37.1 Å². The molecule has 1 spiro atoms. The first-order valence-corrected chi connectivity index (χ1v) is 13.5. The maximum absolute atomic E-state index is 13.4. The fourth-order valence-electron chi connectivity index (χ4n) is 5.31. The van der Waals surface area contributed by atoms with E-state index in [9.17, 15) is 9.59 Å². The van der Waals surface area contributed by atoms with Crippen molar-refractivity contribution in [1.29, 1.82) is 0 Å². The topological polar surface area (TPSA) is 241 Å². The van der Waals surface area contributed by atoms with Crippen LogP contribution < -0.4 is 38.8 Å². The molecular weight excluding hydrogens is 566 g/mol. The summed E-state index contributed by atoms with van der Waals surface area (Å²) in [5.41, 5.74) is 1.93. The molecular formula is C24H32ClN15O2. The Hall–Kier alpha value is -4.45. The van der Waals surface area contributed by atoms with Crippen molar-refractivity contribution < 1.29 is 9.59 Å². The summed E-state index contributed by atoms with van der Waals surface area (Å²) in [4.78, 5) is 37.0. The van der Waals surface area contributed by atoms with Crippen molar-refractivity contribution >= 4 is 35.5 Å². The molecule has 4 aliphatic rings. The second-order valence-corrected chi connectivity index (χ2v) is 10.6. The molecule has 0 bridgehead atoms. The summed E-state index contributed by atoms with van der Waals surface area (Å²) in [6.07, 6.45) is 1.97. The number of carbonyl (C=O) groups excluding carboxylic acids is 2. The molecule has 17 nitrogen and oxygen atoms in total. The van der Waals surface area contributed by atoms with Crippen LogP contribution in [0.5, 0.6) is 0 Å². The molecule has 0 radical (unpaired) electrons. The van der Waals surface area contributed by atoms with Crippen LogP contribution in [0.3, 0.4) is 0 Å². The molecule has 3 unspecified atom stereocenters. The summed E-state index contributed by atoms with van der Waals surface area (Å²) >= 11 is 6.14. The number of piperidine rings is 1. The molecule has 1 aromatic rings. The van der Waals surface area contributed by atoms with Gasteiger partial charge in [-0.25, -0.2) is 10.0 Å². The van der Waals surface area contributed by atoms with E-state index in [0.717, 1.165) is 11.3 Å². The number of amides is 2. The Balaban J connectivity index is 1.18. The number of likely N-dealkylation sites (tertiary alicyclic amines) is 1. The molecule has 222 valence electrons. The number of nitrogens with one attached hydrogen (secondary N) is 4. The SMILES string of the molecule is CC1=C(C(=O)N2CCC3(CC2)CN(N)C(NC(=O)C2NC(Cl)=C(N=NN)N=C2N=NN)N3)C=NC(c2ccccc2)N1. The number of benzene rings is 1. The van der Waals surface area contributed by atoms with E-state index in [4.69, 9.17) is 29.1 Å². The van der Waals surface area contributed by atoms with Crippen molar-refractivity contribution in [3.05, 3.63) is 58.1 Å². The first-order valence-electron chi connectivity index (χ1n) is 13.1. The highest BCUT2D eigenvalue weighted by atomic mass is 35.5. The molecule has 2 saturated heterocycles. The Labute approximate surface area is 246 Å². The van der Waals surface area contributed by atoms with Crippen LogP contribution in [0.25, 0.3) is 0 Å². The highest BCUT2D eigenvalue weighted by Crippen LogP contribution is 2.29. The lowest BCUT2D eigenvalue weighted by Gasteiger charge is -2.39. The number of rotatable bonds is 5. The predicted molar refractivity (Wildman–Crippen MR) is 153 cm³/mol. The number of nitrogens with two attached hydrogens (primary N) is 3. The average molecular weight is 598 g/mol. The zero-order valence-corrected chi connectivity index (χ0v) is 23.5. The van der Waals surface area contributed by atoms with E-state index in [1.807, 2.05) is 42.2 Å². The molecule has 3 atom stereocenters. The molecule has 10 N–H and O–H groups in total. The number of hydrogen-bond donors (Lipinski definition) is 7. The van der Waals surface area contributed by atoms with Gasteiger partial charge in [0.05, 0.1) is 5.57 Å². The van der Waals surface area contributed by atoms with Gasteiger partial charge in [0.1, 0.15) is 12.5 Å². The van der Waals surface area contributed by atoms with Crippen LogP contribution in [0.15, 0.2) is 83.2 Å². The highest BCUT2D eigenvalue weighted by molar-refractivity contribution is 6.30. The van der Waals surface area contributed by atoms with E-state index >= 15 is 0 Å². The molecule has 4 aliphatic heterocycles. The van der Waals surface area contributed by atoms with Gasteiger partial charge in [0.25, 0.3) is 11.8 Å². The predicted octanol–water partition coefficient (Wildman–Crippen LogP) is -0.439. The number of aliphatic imine (C=N–C) groups is 2. The zero-order chi connectivity index (χ0) is 29.9. The van der Waals surface area contributed by atoms with E-state index < -0.39 is 23.8 Å². The van der Waals surface area contributed by atoms with Gasteiger partial charge in [0.15, 0.2) is 17.0 Å². The Morgan fingerprint density at radius 2 is 1.83 bits per heavy atom. The van der Waals surface area contributed by atoms with Gasteiger partial charge < -0.3 is 32.5 Å². The maximum atomic E-state index is 13.4. The smallest absolute Gasteiger partial charge is 0.257 e. The fraction of sp³-hybridized carbons (Fsp3) is 0.417. The summed E-state index contributed by atoms with van der Waals surface area (Å²) < 4.78 is 0. The van der Waals surface area contributed by atoms with Gasteiger partial charge in [0.2, 0.25) is 5.82 Å². The van der Waals surface area contributed by atoms with Crippen molar-refractivity contribution in [2.45, 2.75) is 43.8 Å². The lowest BCUT2D eigenvalue weighted by atomic mass is 9.88. The minimum absolute atomic E-state index is 0.0584. The number of carbonyl (C=O) groups is 2. The van der Waals surface area contributed by atoms with Gasteiger partial charge in [-0.3, -0.25) is 25.7 Å². The summed E-state index contributed by atoms with van der Waals surface area (Å²) in [7, 11) is 0. The van der Waals surface area contributed by atoms with E-state index in [2.05, 4.69) is 51.9 Å². The molecule has 4 heterocycles. The average Bonchev–Trinajstić information content (AvgIpc) is 3.28. The van der Waals surface area contributed by atoms with Crippen LogP contribution in [0.1, 0.15) is 31.5 Å². The second kappa shape index (κ2) is 12.2. The highest BCUT2D eigenvalue weighted by Gasteiger charge is 2.46. The number of hydrazine groups is 1. The number of nitrogens with zero attached hydrogens (tertiary/aromatic N) is 8. The van der Waals surface area contributed by atoms with Crippen molar-refractivity contribution in [3.8, 4) is 0 Å².